The number of carbonyl (C=O) groups is 2. The van der Waals surface area contributed by atoms with Crippen LogP contribution in [0.5, 0.6) is 0 Å². The fourth-order valence-electron chi connectivity index (χ4n) is 3.00. The molecule has 1 aliphatic rings. The highest BCUT2D eigenvalue weighted by Crippen LogP contribution is 2.11. The fraction of sp³-hybridized carbons (Fsp3) is 0.389. The minimum atomic E-state index is -0.332. The van der Waals surface area contributed by atoms with Crippen LogP contribution in [0.4, 0.5) is 4.79 Å². The number of para-hydroxylation sites is 1. The lowest BCUT2D eigenvalue weighted by atomic mass is 10.2. The van der Waals surface area contributed by atoms with E-state index in [2.05, 4.69) is 0 Å². The molecule has 1 saturated heterocycles. The van der Waals surface area contributed by atoms with Gasteiger partial charge in [0.05, 0.1) is 12.1 Å². The van der Waals surface area contributed by atoms with Crippen molar-refractivity contribution < 1.29 is 14.3 Å². The number of pyridine rings is 1. The van der Waals surface area contributed by atoms with Crippen LogP contribution in [-0.4, -0.2) is 59.2 Å². The standard InChI is InChI=1S/C18H21N3O4/c1-2-25-18(24)20-11-9-19(10-12-20)17(23)13-21-8-7-16(22)14-5-3-4-6-15(14)21/h3-8H,2,9-13H2,1H3. The van der Waals surface area contributed by atoms with Crippen LogP contribution >= 0.6 is 0 Å². The van der Waals surface area contributed by atoms with E-state index in [0.29, 0.717) is 38.2 Å². The first-order valence-corrected chi connectivity index (χ1v) is 8.38. The van der Waals surface area contributed by atoms with E-state index in [9.17, 15) is 14.4 Å². The second-order valence-electron chi connectivity index (χ2n) is 5.89. The van der Waals surface area contributed by atoms with Crippen molar-refractivity contribution in [3.63, 3.8) is 0 Å². The zero-order chi connectivity index (χ0) is 17.8. The molecule has 0 aliphatic carbocycles. The Kier molecular flexibility index (Phi) is 5.02. The molecule has 25 heavy (non-hydrogen) atoms. The first-order valence-electron chi connectivity index (χ1n) is 8.38. The monoisotopic (exact) mass is 343 g/mol. The van der Waals surface area contributed by atoms with Gasteiger partial charge in [-0.2, -0.15) is 0 Å². The Hall–Kier alpha value is -2.83. The lowest BCUT2D eigenvalue weighted by molar-refractivity contribution is -0.133. The molecule has 132 valence electrons. The van der Waals surface area contributed by atoms with Crippen LogP contribution < -0.4 is 5.43 Å². The third-order valence-corrected chi connectivity index (χ3v) is 4.35. The Labute approximate surface area is 145 Å². The molecule has 0 atom stereocenters. The van der Waals surface area contributed by atoms with Gasteiger partial charge in [0, 0.05) is 43.8 Å². The summed E-state index contributed by atoms with van der Waals surface area (Å²) in [7, 11) is 0. The van der Waals surface area contributed by atoms with Gasteiger partial charge in [0.2, 0.25) is 5.91 Å². The number of hydrogen-bond acceptors (Lipinski definition) is 4. The Morgan fingerprint density at radius 2 is 1.72 bits per heavy atom. The van der Waals surface area contributed by atoms with Crippen LogP contribution in [0.25, 0.3) is 10.9 Å². The van der Waals surface area contributed by atoms with E-state index >= 15 is 0 Å². The molecule has 1 fully saturated rings. The summed E-state index contributed by atoms with van der Waals surface area (Å²) in [5.41, 5.74) is 0.691. The topological polar surface area (TPSA) is 71.8 Å². The summed E-state index contributed by atoms with van der Waals surface area (Å²) in [6, 6.07) is 8.74. The van der Waals surface area contributed by atoms with Gasteiger partial charge in [-0.25, -0.2) is 4.79 Å². The van der Waals surface area contributed by atoms with E-state index in [4.69, 9.17) is 4.74 Å². The van der Waals surface area contributed by atoms with Gasteiger partial charge in [-0.3, -0.25) is 9.59 Å². The van der Waals surface area contributed by atoms with E-state index in [1.807, 2.05) is 18.2 Å². The lowest BCUT2D eigenvalue weighted by Crippen LogP contribution is -2.51. The smallest absolute Gasteiger partial charge is 0.409 e. The highest BCUT2D eigenvalue weighted by Gasteiger charge is 2.24. The van der Waals surface area contributed by atoms with E-state index < -0.39 is 0 Å². The lowest BCUT2D eigenvalue weighted by Gasteiger charge is -2.34. The van der Waals surface area contributed by atoms with Crippen LogP contribution in [0, 0.1) is 0 Å². The molecule has 2 amide bonds. The molecule has 1 aromatic carbocycles. The normalized spacial score (nSPS) is 14.6. The zero-order valence-corrected chi connectivity index (χ0v) is 14.2. The number of hydrogen-bond donors (Lipinski definition) is 0. The second-order valence-corrected chi connectivity index (χ2v) is 5.89. The summed E-state index contributed by atoms with van der Waals surface area (Å²) in [6.07, 6.45) is 1.32. The van der Waals surface area contributed by atoms with Gasteiger partial charge in [-0.15, -0.1) is 0 Å². The van der Waals surface area contributed by atoms with E-state index in [0.717, 1.165) is 5.52 Å². The van der Waals surface area contributed by atoms with Gasteiger partial charge in [0.1, 0.15) is 6.54 Å². The Morgan fingerprint density at radius 3 is 2.44 bits per heavy atom. The average Bonchev–Trinajstić information content (AvgIpc) is 2.64. The summed E-state index contributed by atoms with van der Waals surface area (Å²) in [4.78, 5) is 39.6. The molecule has 0 spiro atoms. The number of aromatic nitrogens is 1. The molecule has 3 rings (SSSR count). The van der Waals surface area contributed by atoms with Crippen molar-refractivity contribution in [3.05, 3.63) is 46.8 Å². The molecule has 2 aromatic rings. The molecule has 0 N–H and O–H groups in total. The summed E-state index contributed by atoms with van der Waals surface area (Å²) in [5.74, 6) is -0.0303. The Bertz CT molecular complexity index is 838. The first-order chi connectivity index (χ1) is 12.1. The first kappa shape index (κ1) is 17.0. The van der Waals surface area contributed by atoms with Gasteiger partial charge in [-0.05, 0) is 19.1 Å². The molecular formula is C18H21N3O4. The van der Waals surface area contributed by atoms with Gasteiger partial charge >= 0.3 is 6.09 Å². The molecule has 7 heteroatoms. The predicted molar refractivity (Wildman–Crippen MR) is 93.4 cm³/mol. The van der Waals surface area contributed by atoms with Crippen molar-refractivity contribution in [2.45, 2.75) is 13.5 Å². The minimum Gasteiger partial charge on any atom is -0.450 e. The molecule has 0 bridgehead atoms. The number of nitrogens with zero attached hydrogens (tertiary/aromatic N) is 3. The molecule has 0 radical (unpaired) electrons. The fourth-order valence-corrected chi connectivity index (χ4v) is 3.00. The summed E-state index contributed by atoms with van der Waals surface area (Å²) in [6.45, 7) is 4.18. The second kappa shape index (κ2) is 7.38. The number of amides is 2. The van der Waals surface area contributed by atoms with Gasteiger partial charge in [0.15, 0.2) is 5.43 Å². The Balaban J connectivity index is 1.67. The van der Waals surface area contributed by atoms with Crippen molar-refractivity contribution in [2.75, 3.05) is 32.8 Å². The van der Waals surface area contributed by atoms with Crippen molar-refractivity contribution >= 4 is 22.9 Å². The van der Waals surface area contributed by atoms with Crippen molar-refractivity contribution in [1.29, 1.82) is 0 Å². The third kappa shape index (κ3) is 3.65. The predicted octanol–water partition coefficient (Wildman–Crippen LogP) is 1.30. The molecule has 0 saturated carbocycles. The van der Waals surface area contributed by atoms with Gasteiger partial charge < -0.3 is 19.1 Å². The number of carbonyl (C=O) groups excluding carboxylic acids is 2. The number of benzene rings is 1. The van der Waals surface area contributed by atoms with Crippen LogP contribution in [0.1, 0.15) is 6.92 Å². The third-order valence-electron chi connectivity index (χ3n) is 4.35. The average molecular weight is 343 g/mol. The van der Waals surface area contributed by atoms with E-state index in [1.54, 1.807) is 33.6 Å². The van der Waals surface area contributed by atoms with Crippen molar-refractivity contribution in [3.8, 4) is 0 Å². The van der Waals surface area contributed by atoms with E-state index in [1.165, 1.54) is 6.07 Å². The van der Waals surface area contributed by atoms with Crippen LogP contribution in [0.2, 0.25) is 0 Å². The maximum atomic E-state index is 12.6. The molecule has 7 nitrogen and oxygen atoms in total. The number of rotatable bonds is 3. The van der Waals surface area contributed by atoms with Crippen molar-refractivity contribution in [1.82, 2.24) is 14.4 Å². The number of fused-ring (bicyclic) bond motifs is 1. The summed E-state index contributed by atoms with van der Waals surface area (Å²) >= 11 is 0. The van der Waals surface area contributed by atoms with Crippen molar-refractivity contribution in [2.24, 2.45) is 0 Å². The van der Waals surface area contributed by atoms with Crippen LogP contribution in [0.3, 0.4) is 0 Å². The largest absolute Gasteiger partial charge is 0.450 e. The van der Waals surface area contributed by atoms with E-state index in [-0.39, 0.29) is 24.0 Å². The highest BCUT2D eigenvalue weighted by atomic mass is 16.6. The molecule has 1 aliphatic heterocycles. The van der Waals surface area contributed by atoms with Gasteiger partial charge in [-0.1, -0.05) is 12.1 Å². The Morgan fingerprint density at radius 1 is 1.04 bits per heavy atom. The highest BCUT2D eigenvalue weighted by molar-refractivity contribution is 5.82. The summed E-state index contributed by atoms with van der Waals surface area (Å²) < 4.78 is 6.77. The number of ether oxygens (including phenoxy) is 1. The molecule has 2 heterocycles. The maximum Gasteiger partial charge on any atom is 0.409 e. The SMILES string of the molecule is CCOC(=O)N1CCN(C(=O)Cn2ccc(=O)c3ccccc32)CC1. The zero-order valence-electron chi connectivity index (χ0n) is 14.2. The molecule has 1 aromatic heterocycles. The van der Waals surface area contributed by atoms with Crippen LogP contribution in [0.15, 0.2) is 41.3 Å². The molecule has 0 unspecified atom stereocenters. The quantitative estimate of drug-likeness (QED) is 0.842. The number of piperazine rings is 1. The van der Waals surface area contributed by atoms with Crippen LogP contribution in [-0.2, 0) is 16.1 Å². The minimum absolute atomic E-state index is 0.0303. The summed E-state index contributed by atoms with van der Waals surface area (Å²) in [5, 5.41) is 0.602. The van der Waals surface area contributed by atoms with Gasteiger partial charge in [0.25, 0.3) is 0 Å². The molecular weight excluding hydrogens is 322 g/mol. The maximum absolute atomic E-state index is 12.6.